The van der Waals surface area contributed by atoms with Crippen molar-refractivity contribution in [3.05, 3.63) is 277 Å². The van der Waals surface area contributed by atoms with E-state index in [4.69, 9.17) is 9.97 Å². The average molecular weight is 851 g/mol. The fourth-order valence-corrected chi connectivity index (χ4v) is 10.9. The number of rotatable bonds is 7. The minimum Gasteiger partial charge on any atom is -0.228 e. The molecule has 12 aromatic rings. The van der Waals surface area contributed by atoms with Gasteiger partial charge in [0.2, 0.25) is 0 Å². The standard InChI is InChI=1S/C65H42N2/c1-4-16-43(17-5-1)44-28-30-46(31-29-44)61-42-62(50-37-38-56-55-26-14-15-27-59(55)65(60(56)41-50,51-20-6-2-7-21-51)52-22-8-3-9-23-52)67-64(66-61)48-34-32-47(33-35-48)63-54-25-13-11-19-49(54)40-58-53-24-12-10-18-45(53)36-39-57(58)63/h1-42H. The number of fused-ring (bicyclic) bond motifs is 7. The molecule has 0 aliphatic heterocycles. The molecule has 2 heteroatoms. The molecule has 13 rings (SSSR count). The molecule has 0 spiro atoms. The summed E-state index contributed by atoms with van der Waals surface area (Å²) in [6.45, 7) is 0. The van der Waals surface area contributed by atoms with E-state index in [1.54, 1.807) is 0 Å². The van der Waals surface area contributed by atoms with Crippen LogP contribution in [-0.2, 0) is 5.41 Å². The van der Waals surface area contributed by atoms with E-state index in [1.807, 2.05) is 0 Å². The van der Waals surface area contributed by atoms with E-state index in [0.717, 1.165) is 33.6 Å². The Morgan fingerprint density at radius 2 is 0.791 bits per heavy atom. The van der Waals surface area contributed by atoms with Gasteiger partial charge in [0.1, 0.15) is 0 Å². The maximum absolute atomic E-state index is 5.46. The van der Waals surface area contributed by atoms with Gasteiger partial charge in [-0.15, -0.1) is 0 Å². The van der Waals surface area contributed by atoms with E-state index >= 15 is 0 Å². The van der Waals surface area contributed by atoms with Gasteiger partial charge in [-0.2, -0.15) is 0 Å². The van der Waals surface area contributed by atoms with Gasteiger partial charge in [-0.25, -0.2) is 9.97 Å². The molecular formula is C65H42N2. The topological polar surface area (TPSA) is 25.8 Å². The van der Waals surface area contributed by atoms with Gasteiger partial charge < -0.3 is 0 Å². The average Bonchev–Trinajstić information content (AvgIpc) is 3.71. The normalized spacial score (nSPS) is 12.6. The summed E-state index contributed by atoms with van der Waals surface area (Å²) >= 11 is 0. The van der Waals surface area contributed by atoms with Crippen LogP contribution in [0.4, 0.5) is 0 Å². The molecule has 0 saturated heterocycles. The van der Waals surface area contributed by atoms with Crippen molar-refractivity contribution in [1.29, 1.82) is 0 Å². The highest BCUT2D eigenvalue weighted by atomic mass is 14.9. The quantitative estimate of drug-likeness (QED) is 0.118. The third-order valence-corrected chi connectivity index (χ3v) is 14.0. The Bertz CT molecular complexity index is 3780. The molecule has 0 amide bonds. The number of hydrogen-bond acceptors (Lipinski definition) is 2. The first-order valence-electron chi connectivity index (χ1n) is 23.1. The third-order valence-electron chi connectivity index (χ3n) is 14.0. The SMILES string of the molecule is c1ccc(-c2ccc(-c3cc(-c4ccc5c(c4)C(c4ccccc4)(c4ccccc4)c4ccccc4-5)nc(-c4ccc(-c5c6ccccc6cc6c5ccc5ccccc56)cc4)n3)cc2)cc1. The van der Waals surface area contributed by atoms with E-state index in [-0.39, 0.29) is 0 Å². The van der Waals surface area contributed by atoms with Gasteiger partial charge in [-0.1, -0.05) is 237 Å². The lowest BCUT2D eigenvalue weighted by Gasteiger charge is -2.34. The van der Waals surface area contributed by atoms with Gasteiger partial charge in [-0.05, 0) is 106 Å². The number of nitrogens with zero attached hydrogens (tertiary/aromatic N) is 2. The van der Waals surface area contributed by atoms with Crippen LogP contribution in [0.25, 0.3) is 99.6 Å². The lowest BCUT2D eigenvalue weighted by atomic mass is 9.67. The van der Waals surface area contributed by atoms with Gasteiger partial charge in [0.25, 0.3) is 0 Å². The lowest BCUT2D eigenvalue weighted by molar-refractivity contribution is 0.768. The third kappa shape index (κ3) is 6.33. The van der Waals surface area contributed by atoms with Crippen LogP contribution in [0.3, 0.4) is 0 Å². The van der Waals surface area contributed by atoms with Crippen LogP contribution < -0.4 is 0 Å². The van der Waals surface area contributed by atoms with Crippen molar-refractivity contribution >= 4 is 32.3 Å². The zero-order valence-corrected chi connectivity index (χ0v) is 36.6. The summed E-state index contributed by atoms with van der Waals surface area (Å²) in [5, 5.41) is 7.47. The molecule has 0 saturated carbocycles. The van der Waals surface area contributed by atoms with Gasteiger partial charge in [0.05, 0.1) is 16.8 Å². The highest BCUT2D eigenvalue weighted by Crippen LogP contribution is 2.56. The molecular weight excluding hydrogens is 809 g/mol. The van der Waals surface area contributed by atoms with Crippen LogP contribution >= 0.6 is 0 Å². The van der Waals surface area contributed by atoms with E-state index in [2.05, 4.69) is 255 Å². The highest BCUT2D eigenvalue weighted by molar-refractivity contribution is 6.20. The Morgan fingerprint density at radius 3 is 1.52 bits per heavy atom. The molecule has 0 atom stereocenters. The second kappa shape index (κ2) is 15.8. The van der Waals surface area contributed by atoms with Crippen molar-refractivity contribution in [3.63, 3.8) is 0 Å². The first-order valence-corrected chi connectivity index (χ1v) is 23.1. The van der Waals surface area contributed by atoms with Crippen LogP contribution in [0.1, 0.15) is 22.3 Å². The molecule has 0 fully saturated rings. The number of hydrogen-bond donors (Lipinski definition) is 0. The molecule has 1 aromatic heterocycles. The molecule has 0 radical (unpaired) electrons. The Kier molecular flexibility index (Phi) is 9.11. The zero-order valence-electron chi connectivity index (χ0n) is 36.6. The molecule has 0 unspecified atom stereocenters. The summed E-state index contributed by atoms with van der Waals surface area (Å²) in [6, 6.07) is 92.5. The molecule has 1 aliphatic rings. The Balaban J connectivity index is 0.990. The van der Waals surface area contributed by atoms with Gasteiger partial charge in [0.15, 0.2) is 5.82 Å². The van der Waals surface area contributed by atoms with Gasteiger partial charge in [-0.3, -0.25) is 0 Å². The van der Waals surface area contributed by atoms with E-state index < -0.39 is 5.41 Å². The second-order valence-corrected chi connectivity index (χ2v) is 17.6. The lowest BCUT2D eigenvalue weighted by Crippen LogP contribution is -2.28. The summed E-state index contributed by atoms with van der Waals surface area (Å²) in [5.74, 6) is 0.682. The molecule has 2 nitrogen and oxygen atoms in total. The van der Waals surface area contributed by atoms with Crippen molar-refractivity contribution in [2.24, 2.45) is 0 Å². The first kappa shape index (κ1) is 38.7. The predicted molar refractivity (Wildman–Crippen MR) is 279 cm³/mol. The van der Waals surface area contributed by atoms with Crippen LogP contribution in [0, 0.1) is 0 Å². The number of aromatic nitrogens is 2. The van der Waals surface area contributed by atoms with Crippen LogP contribution in [-0.4, -0.2) is 9.97 Å². The Morgan fingerprint density at radius 1 is 0.269 bits per heavy atom. The summed E-state index contributed by atoms with van der Waals surface area (Å²) in [5.41, 5.74) is 16.5. The monoisotopic (exact) mass is 850 g/mol. The molecule has 0 bridgehead atoms. The number of benzene rings is 11. The van der Waals surface area contributed by atoms with E-state index in [9.17, 15) is 0 Å². The van der Waals surface area contributed by atoms with Gasteiger partial charge >= 0.3 is 0 Å². The maximum Gasteiger partial charge on any atom is 0.160 e. The molecule has 1 aliphatic carbocycles. The Labute approximate surface area is 390 Å². The summed E-state index contributed by atoms with van der Waals surface area (Å²) < 4.78 is 0. The largest absolute Gasteiger partial charge is 0.228 e. The first-order chi connectivity index (χ1) is 33.2. The van der Waals surface area contributed by atoms with Crippen LogP contribution in [0.15, 0.2) is 255 Å². The molecule has 312 valence electrons. The van der Waals surface area contributed by atoms with Crippen molar-refractivity contribution in [3.8, 4) is 67.3 Å². The smallest absolute Gasteiger partial charge is 0.160 e. The van der Waals surface area contributed by atoms with Crippen molar-refractivity contribution in [2.45, 2.75) is 5.41 Å². The van der Waals surface area contributed by atoms with Crippen molar-refractivity contribution in [1.82, 2.24) is 9.97 Å². The summed E-state index contributed by atoms with van der Waals surface area (Å²) in [6.07, 6.45) is 0. The van der Waals surface area contributed by atoms with Crippen molar-refractivity contribution < 1.29 is 0 Å². The molecule has 11 aromatic carbocycles. The predicted octanol–water partition coefficient (Wildman–Crippen LogP) is 16.6. The van der Waals surface area contributed by atoms with Crippen LogP contribution in [0.5, 0.6) is 0 Å². The summed E-state index contributed by atoms with van der Waals surface area (Å²) in [7, 11) is 0. The molecule has 67 heavy (non-hydrogen) atoms. The highest BCUT2D eigenvalue weighted by Gasteiger charge is 2.46. The minimum absolute atomic E-state index is 0.523. The molecule has 0 N–H and O–H groups in total. The fourth-order valence-electron chi connectivity index (χ4n) is 10.9. The fraction of sp³-hybridized carbons (Fsp3) is 0.0154. The summed E-state index contributed by atoms with van der Waals surface area (Å²) in [4.78, 5) is 10.8. The van der Waals surface area contributed by atoms with Crippen LogP contribution in [0.2, 0.25) is 0 Å². The Hall–Kier alpha value is -8.72. The second-order valence-electron chi connectivity index (χ2n) is 17.6. The van der Waals surface area contributed by atoms with E-state index in [1.165, 1.54) is 82.4 Å². The molecule has 1 heterocycles. The van der Waals surface area contributed by atoms with Gasteiger partial charge in [0, 0.05) is 16.7 Å². The van der Waals surface area contributed by atoms with E-state index in [0.29, 0.717) is 5.82 Å². The minimum atomic E-state index is -0.523. The maximum atomic E-state index is 5.46. The zero-order chi connectivity index (χ0) is 44.3. The van der Waals surface area contributed by atoms with Crippen molar-refractivity contribution in [2.75, 3.05) is 0 Å².